The van der Waals surface area contributed by atoms with E-state index in [9.17, 15) is 0 Å². The summed E-state index contributed by atoms with van der Waals surface area (Å²) in [6.07, 6.45) is 0. The number of hydrogen-bond donors (Lipinski definition) is 0. The maximum absolute atomic E-state index is 2.37. The normalized spacial score (nSPS) is 10.8. The van der Waals surface area contributed by atoms with Gasteiger partial charge in [-0.05, 0) is 18.4 Å². The predicted molar refractivity (Wildman–Crippen MR) is 65.8 cm³/mol. The third kappa shape index (κ3) is 4.68. The van der Waals surface area contributed by atoms with Crippen LogP contribution in [0, 0.1) is 0 Å². The fraction of sp³-hybridized carbons (Fsp3) is 0.500. The Morgan fingerprint density at radius 1 is 1.21 bits per heavy atom. The Labute approximate surface area is 91.5 Å². The minimum atomic E-state index is 1.06. The molecule has 0 N–H and O–H groups in total. The summed E-state index contributed by atoms with van der Waals surface area (Å²) in [7, 11) is 2.18. The van der Waals surface area contributed by atoms with Crippen LogP contribution in [-0.2, 0) is 6.54 Å². The molecule has 0 atom stereocenters. The van der Waals surface area contributed by atoms with Crippen molar-refractivity contribution in [2.75, 3.05) is 25.1 Å². The van der Waals surface area contributed by atoms with Gasteiger partial charge in [0.05, 0.1) is 0 Å². The molecule has 1 aromatic carbocycles. The number of rotatable bonds is 6. The highest BCUT2D eigenvalue weighted by atomic mass is 32.2. The zero-order valence-electron chi connectivity index (χ0n) is 9.07. The van der Waals surface area contributed by atoms with E-state index in [1.54, 1.807) is 0 Å². The predicted octanol–water partition coefficient (Wildman–Crippen LogP) is 2.87. The highest BCUT2D eigenvalue weighted by molar-refractivity contribution is 7.99. The van der Waals surface area contributed by atoms with Crippen molar-refractivity contribution in [3.63, 3.8) is 0 Å². The summed E-state index contributed by atoms with van der Waals surface area (Å²) in [6.45, 7) is 4.44. The lowest BCUT2D eigenvalue weighted by molar-refractivity contribution is 0.349. The van der Waals surface area contributed by atoms with Gasteiger partial charge >= 0.3 is 0 Å². The van der Waals surface area contributed by atoms with Crippen LogP contribution in [0.4, 0.5) is 0 Å². The van der Waals surface area contributed by atoms with E-state index in [2.05, 4.69) is 49.2 Å². The highest BCUT2D eigenvalue weighted by Gasteiger charge is 1.98. The average molecular weight is 209 g/mol. The molecule has 0 aliphatic carbocycles. The Balaban J connectivity index is 2.23. The van der Waals surface area contributed by atoms with Gasteiger partial charge in [0.15, 0.2) is 0 Å². The summed E-state index contributed by atoms with van der Waals surface area (Å²) in [6, 6.07) is 10.6. The smallest absolute Gasteiger partial charge is 0.0231 e. The zero-order valence-corrected chi connectivity index (χ0v) is 9.89. The second-order valence-corrected chi connectivity index (χ2v) is 4.81. The lowest BCUT2D eigenvalue weighted by atomic mass is 10.2. The van der Waals surface area contributed by atoms with Gasteiger partial charge in [-0.3, -0.25) is 0 Å². The average Bonchev–Trinajstić information content (AvgIpc) is 2.20. The number of thioether (sulfide) groups is 1. The molecule has 0 spiro atoms. The Bertz CT molecular complexity index is 235. The van der Waals surface area contributed by atoms with Gasteiger partial charge in [-0.1, -0.05) is 37.3 Å². The van der Waals surface area contributed by atoms with E-state index >= 15 is 0 Å². The summed E-state index contributed by atoms with van der Waals surface area (Å²) in [5, 5.41) is 0. The molecule has 0 radical (unpaired) electrons. The second-order valence-electron chi connectivity index (χ2n) is 3.42. The van der Waals surface area contributed by atoms with E-state index < -0.39 is 0 Å². The van der Waals surface area contributed by atoms with Crippen LogP contribution >= 0.6 is 11.8 Å². The van der Waals surface area contributed by atoms with Gasteiger partial charge in [-0.25, -0.2) is 0 Å². The second kappa shape index (κ2) is 6.91. The molecule has 0 bridgehead atoms. The largest absolute Gasteiger partial charge is 0.301 e. The van der Waals surface area contributed by atoms with Crippen molar-refractivity contribution in [1.29, 1.82) is 0 Å². The lowest BCUT2D eigenvalue weighted by Gasteiger charge is -2.15. The quantitative estimate of drug-likeness (QED) is 0.663. The standard InChI is InChI=1S/C12H19NS/c1-3-14-10-9-13(2)11-12-7-5-4-6-8-12/h4-8H,3,9-11H2,1-2H3. The van der Waals surface area contributed by atoms with Crippen molar-refractivity contribution < 1.29 is 0 Å². The van der Waals surface area contributed by atoms with Gasteiger partial charge in [0, 0.05) is 18.8 Å². The lowest BCUT2D eigenvalue weighted by Crippen LogP contribution is -2.20. The molecule has 0 aromatic heterocycles. The molecule has 2 heteroatoms. The number of benzene rings is 1. The van der Waals surface area contributed by atoms with E-state index in [-0.39, 0.29) is 0 Å². The fourth-order valence-corrected chi connectivity index (χ4v) is 2.07. The van der Waals surface area contributed by atoms with Gasteiger partial charge in [0.2, 0.25) is 0 Å². The summed E-state index contributed by atoms with van der Waals surface area (Å²) < 4.78 is 0. The minimum Gasteiger partial charge on any atom is -0.301 e. The summed E-state index contributed by atoms with van der Waals surface area (Å²) in [5.41, 5.74) is 1.40. The molecule has 14 heavy (non-hydrogen) atoms. The Kier molecular flexibility index (Phi) is 5.72. The van der Waals surface area contributed by atoms with Crippen molar-refractivity contribution in [2.24, 2.45) is 0 Å². The van der Waals surface area contributed by atoms with Crippen LogP contribution in [0.1, 0.15) is 12.5 Å². The molecule has 1 nitrogen and oxygen atoms in total. The Morgan fingerprint density at radius 3 is 2.57 bits per heavy atom. The van der Waals surface area contributed by atoms with Crippen molar-refractivity contribution in [3.8, 4) is 0 Å². The fourth-order valence-electron chi connectivity index (χ4n) is 1.34. The summed E-state index contributed by atoms with van der Waals surface area (Å²) >= 11 is 2.01. The topological polar surface area (TPSA) is 3.24 Å². The van der Waals surface area contributed by atoms with Crippen LogP contribution in [0.15, 0.2) is 30.3 Å². The van der Waals surface area contributed by atoms with Crippen LogP contribution in [0.3, 0.4) is 0 Å². The molecule has 0 unspecified atom stereocenters. The number of nitrogens with zero attached hydrogens (tertiary/aromatic N) is 1. The first-order valence-electron chi connectivity index (χ1n) is 5.13. The zero-order chi connectivity index (χ0) is 10.2. The first kappa shape index (κ1) is 11.6. The molecular formula is C12H19NS. The van der Waals surface area contributed by atoms with Gasteiger partial charge in [-0.15, -0.1) is 0 Å². The minimum absolute atomic E-state index is 1.06. The maximum atomic E-state index is 2.37. The van der Waals surface area contributed by atoms with Gasteiger partial charge in [-0.2, -0.15) is 11.8 Å². The van der Waals surface area contributed by atoms with Gasteiger partial charge < -0.3 is 4.90 Å². The van der Waals surface area contributed by atoms with E-state index in [0.717, 1.165) is 6.54 Å². The van der Waals surface area contributed by atoms with Crippen LogP contribution in [-0.4, -0.2) is 30.0 Å². The molecule has 78 valence electrons. The molecule has 0 saturated carbocycles. The Hall–Kier alpha value is -0.470. The summed E-state index contributed by atoms with van der Waals surface area (Å²) in [5.74, 6) is 2.46. The first-order chi connectivity index (χ1) is 6.83. The van der Waals surface area contributed by atoms with Gasteiger partial charge in [0.25, 0.3) is 0 Å². The van der Waals surface area contributed by atoms with Crippen molar-refractivity contribution in [3.05, 3.63) is 35.9 Å². The third-order valence-corrected chi connectivity index (χ3v) is 3.00. The molecule has 0 heterocycles. The van der Waals surface area contributed by atoms with Crippen molar-refractivity contribution in [1.82, 2.24) is 4.90 Å². The van der Waals surface area contributed by atoms with Gasteiger partial charge in [0.1, 0.15) is 0 Å². The molecule has 0 amide bonds. The van der Waals surface area contributed by atoms with Crippen LogP contribution < -0.4 is 0 Å². The molecule has 0 fully saturated rings. The van der Waals surface area contributed by atoms with Crippen molar-refractivity contribution in [2.45, 2.75) is 13.5 Å². The highest BCUT2D eigenvalue weighted by Crippen LogP contribution is 2.04. The van der Waals surface area contributed by atoms with Crippen LogP contribution in [0.2, 0.25) is 0 Å². The SMILES string of the molecule is CCSCCN(C)Cc1ccccc1. The molecule has 0 saturated heterocycles. The molecule has 0 aliphatic heterocycles. The number of hydrogen-bond acceptors (Lipinski definition) is 2. The third-order valence-electron chi connectivity index (χ3n) is 2.12. The molecular weight excluding hydrogens is 190 g/mol. The van der Waals surface area contributed by atoms with Crippen LogP contribution in [0.25, 0.3) is 0 Å². The summed E-state index contributed by atoms with van der Waals surface area (Å²) in [4.78, 5) is 2.37. The molecule has 1 rings (SSSR count). The van der Waals surface area contributed by atoms with E-state index in [0.29, 0.717) is 0 Å². The van der Waals surface area contributed by atoms with E-state index in [4.69, 9.17) is 0 Å². The molecule has 0 aliphatic rings. The Morgan fingerprint density at radius 2 is 1.93 bits per heavy atom. The monoisotopic (exact) mass is 209 g/mol. The van der Waals surface area contributed by atoms with Crippen LogP contribution in [0.5, 0.6) is 0 Å². The van der Waals surface area contributed by atoms with E-state index in [1.807, 2.05) is 11.8 Å². The van der Waals surface area contributed by atoms with E-state index in [1.165, 1.54) is 23.6 Å². The molecule has 1 aromatic rings. The first-order valence-corrected chi connectivity index (χ1v) is 6.28. The maximum Gasteiger partial charge on any atom is 0.0231 e. The van der Waals surface area contributed by atoms with Crippen molar-refractivity contribution >= 4 is 11.8 Å².